The Morgan fingerprint density at radius 3 is 2.69 bits per heavy atom. The summed E-state index contributed by atoms with van der Waals surface area (Å²) in [5, 5.41) is 19.3. The molecule has 2 aromatic heterocycles. The Kier molecular flexibility index (Phi) is 6.88. The van der Waals surface area contributed by atoms with Gasteiger partial charge >= 0.3 is 0 Å². The molecular formula is C23H33IN6O2. The van der Waals surface area contributed by atoms with Crippen LogP contribution in [0.15, 0.2) is 18.3 Å². The van der Waals surface area contributed by atoms with Gasteiger partial charge in [0.1, 0.15) is 15.1 Å². The number of hydrogen-bond donors (Lipinski definition) is 3. The van der Waals surface area contributed by atoms with E-state index < -0.39 is 17.1 Å². The van der Waals surface area contributed by atoms with E-state index >= 15 is 0 Å². The molecule has 0 aromatic carbocycles. The summed E-state index contributed by atoms with van der Waals surface area (Å²) in [5.74, 6) is -0.0639. The fourth-order valence-corrected chi connectivity index (χ4v) is 5.10. The van der Waals surface area contributed by atoms with Crippen molar-refractivity contribution in [1.29, 1.82) is 10.8 Å². The molecule has 3 rings (SSSR count). The van der Waals surface area contributed by atoms with Crippen molar-refractivity contribution in [3.05, 3.63) is 33.4 Å². The number of imidazole rings is 1. The second-order valence-electron chi connectivity index (χ2n) is 9.96. The maximum atomic E-state index is 13.3. The average molecular weight is 552 g/mol. The molecule has 9 heteroatoms. The van der Waals surface area contributed by atoms with Gasteiger partial charge in [-0.05, 0) is 88.1 Å². The average Bonchev–Trinajstić information content (AvgIpc) is 3.27. The third-order valence-electron chi connectivity index (χ3n) is 5.72. The van der Waals surface area contributed by atoms with Crippen molar-refractivity contribution >= 4 is 46.3 Å². The summed E-state index contributed by atoms with van der Waals surface area (Å²) in [4.78, 5) is 19.9. The van der Waals surface area contributed by atoms with Crippen LogP contribution in [-0.4, -0.2) is 51.1 Å². The van der Waals surface area contributed by atoms with Crippen LogP contribution in [0.5, 0.6) is 0 Å². The molecule has 1 aliphatic heterocycles. The topological polar surface area (TPSA) is 107 Å². The normalized spacial score (nSPS) is 18.0. The third kappa shape index (κ3) is 5.07. The van der Waals surface area contributed by atoms with Gasteiger partial charge in [-0.15, -0.1) is 0 Å². The molecule has 0 saturated carbocycles. The molecule has 0 unspecified atom stereocenters. The number of halogens is 1. The lowest BCUT2D eigenvalue weighted by atomic mass is 9.90. The molecule has 174 valence electrons. The van der Waals surface area contributed by atoms with Crippen molar-refractivity contribution in [2.45, 2.75) is 59.1 Å². The van der Waals surface area contributed by atoms with Gasteiger partial charge in [0.05, 0.1) is 17.0 Å². The number of ether oxygens (including phenoxy) is 1. The molecule has 0 bridgehead atoms. The minimum Gasteiger partial charge on any atom is -0.460 e. The number of aryl methyl sites for hydroxylation is 1. The fourth-order valence-electron chi connectivity index (χ4n) is 4.19. The number of carbonyl (C=O) groups is 1. The van der Waals surface area contributed by atoms with Crippen LogP contribution in [-0.2, 0) is 15.1 Å². The predicted molar refractivity (Wildman–Crippen MR) is 134 cm³/mol. The molecule has 32 heavy (non-hydrogen) atoms. The van der Waals surface area contributed by atoms with Gasteiger partial charge in [-0.1, -0.05) is 6.07 Å². The minimum atomic E-state index is -0.723. The number of nitrogens with one attached hydrogen (secondary N) is 3. The highest BCUT2D eigenvalue weighted by Crippen LogP contribution is 2.29. The number of amidine groups is 1. The van der Waals surface area contributed by atoms with Gasteiger partial charge < -0.3 is 24.8 Å². The van der Waals surface area contributed by atoms with Crippen molar-refractivity contribution in [1.82, 2.24) is 19.6 Å². The number of nitrogens with zero attached hydrogens (tertiary/aromatic N) is 3. The first-order chi connectivity index (χ1) is 14.8. The van der Waals surface area contributed by atoms with E-state index in [0.717, 1.165) is 27.0 Å². The standard InChI is InChI=1S/C23H33IN6O2/c1-14-8-7-10-30-17(14)18(24)27-20(30)23(5,6)28-19(31)16(12-25)15-9-11-29(13-15)21(26)32-22(2,3)4/h7-8,10,12,15-16,25-26H,9,11,13H2,1-6H3,(H,28,31)/t15-,16+/m0/s1. The van der Waals surface area contributed by atoms with Crippen LogP contribution in [0.3, 0.4) is 0 Å². The zero-order valence-electron chi connectivity index (χ0n) is 19.6. The van der Waals surface area contributed by atoms with Crippen LogP contribution in [0.4, 0.5) is 0 Å². The third-order valence-corrected chi connectivity index (χ3v) is 6.48. The molecule has 2 aromatic rings. The summed E-state index contributed by atoms with van der Waals surface area (Å²) < 4.78 is 8.60. The van der Waals surface area contributed by atoms with Gasteiger partial charge in [-0.3, -0.25) is 10.2 Å². The van der Waals surface area contributed by atoms with Crippen LogP contribution in [0.2, 0.25) is 0 Å². The summed E-state index contributed by atoms with van der Waals surface area (Å²) in [7, 11) is 0. The van der Waals surface area contributed by atoms with E-state index in [9.17, 15) is 4.79 Å². The minimum absolute atomic E-state index is 0.0494. The summed E-state index contributed by atoms with van der Waals surface area (Å²) in [6, 6.07) is 4.15. The largest absolute Gasteiger partial charge is 0.460 e. The molecule has 3 heterocycles. The molecule has 8 nitrogen and oxygen atoms in total. The Morgan fingerprint density at radius 2 is 2.06 bits per heavy atom. The van der Waals surface area contributed by atoms with E-state index in [1.807, 2.05) is 69.2 Å². The lowest BCUT2D eigenvalue weighted by molar-refractivity contribution is -0.126. The number of rotatable bonds is 5. The van der Waals surface area contributed by atoms with Gasteiger partial charge in [0, 0.05) is 25.5 Å². The zero-order valence-corrected chi connectivity index (χ0v) is 21.8. The molecule has 3 N–H and O–H groups in total. The van der Waals surface area contributed by atoms with Gasteiger partial charge in [-0.2, -0.15) is 0 Å². The SMILES string of the molecule is Cc1cccn2c(C(C)(C)NC(=O)[C@H](C=N)[C@H]3CCN(C(=N)OC(C)(C)C)C3)nc(I)c12. The second kappa shape index (κ2) is 8.99. The van der Waals surface area contributed by atoms with E-state index in [-0.39, 0.29) is 17.8 Å². The monoisotopic (exact) mass is 552 g/mol. The molecule has 1 aliphatic rings. The van der Waals surface area contributed by atoms with Crippen molar-refractivity contribution in [3.63, 3.8) is 0 Å². The van der Waals surface area contributed by atoms with Crippen LogP contribution >= 0.6 is 22.6 Å². The number of fused-ring (bicyclic) bond motifs is 1. The second-order valence-corrected chi connectivity index (χ2v) is 11.0. The van der Waals surface area contributed by atoms with Gasteiger partial charge in [0.2, 0.25) is 5.91 Å². The quantitative estimate of drug-likeness (QED) is 0.297. The highest BCUT2D eigenvalue weighted by molar-refractivity contribution is 14.1. The molecule has 0 spiro atoms. The molecular weight excluding hydrogens is 519 g/mol. The molecule has 0 aliphatic carbocycles. The van der Waals surface area contributed by atoms with Crippen LogP contribution in [0.25, 0.3) is 5.52 Å². The fraction of sp³-hybridized carbons (Fsp3) is 0.565. The smallest absolute Gasteiger partial charge is 0.284 e. The summed E-state index contributed by atoms with van der Waals surface area (Å²) >= 11 is 2.23. The van der Waals surface area contributed by atoms with E-state index in [4.69, 9.17) is 20.5 Å². The van der Waals surface area contributed by atoms with Crippen molar-refractivity contribution in [2.75, 3.05) is 13.1 Å². The Morgan fingerprint density at radius 1 is 1.38 bits per heavy atom. The number of likely N-dealkylation sites (tertiary alicyclic amines) is 1. The lowest BCUT2D eigenvalue weighted by Crippen LogP contribution is -2.47. The first-order valence-electron chi connectivity index (χ1n) is 10.8. The number of aromatic nitrogens is 2. The van der Waals surface area contributed by atoms with E-state index in [1.54, 1.807) is 0 Å². The first-order valence-corrected chi connectivity index (χ1v) is 11.9. The Bertz CT molecular complexity index is 1040. The Balaban J connectivity index is 1.75. The van der Waals surface area contributed by atoms with Crippen LogP contribution in [0, 0.1) is 33.3 Å². The zero-order chi connectivity index (χ0) is 23.8. The lowest BCUT2D eigenvalue weighted by Gasteiger charge is -2.29. The Hall–Kier alpha value is -2.17. The molecule has 1 saturated heterocycles. The van der Waals surface area contributed by atoms with Gasteiger partial charge in [0.25, 0.3) is 6.02 Å². The maximum absolute atomic E-state index is 13.3. The van der Waals surface area contributed by atoms with Crippen molar-refractivity contribution in [2.24, 2.45) is 11.8 Å². The first kappa shape index (κ1) is 24.5. The number of carbonyl (C=O) groups excluding carboxylic acids is 1. The van der Waals surface area contributed by atoms with E-state index in [1.165, 1.54) is 6.21 Å². The van der Waals surface area contributed by atoms with E-state index in [2.05, 4.69) is 27.9 Å². The van der Waals surface area contributed by atoms with E-state index in [0.29, 0.717) is 13.1 Å². The molecule has 2 atom stereocenters. The molecule has 1 fully saturated rings. The highest BCUT2D eigenvalue weighted by Gasteiger charge is 2.38. The van der Waals surface area contributed by atoms with Gasteiger partial charge in [0.15, 0.2) is 0 Å². The molecule has 0 radical (unpaired) electrons. The highest BCUT2D eigenvalue weighted by atomic mass is 127. The summed E-state index contributed by atoms with van der Waals surface area (Å²) in [6.45, 7) is 12.8. The van der Waals surface area contributed by atoms with Crippen molar-refractivity contribution < 1.29 is 9.53 Å². The van der Waals surface area contributed by atoms with Crippen molar-refractivity contribution in [3.8, 4) is 0 Å². The van der Waals surface area contributed by atoms with Gasteiger partial charge in [-0.25, -0.2) is 4.98 Å². The van der Waals surface area contributed by atoms with Crippen LogP contribution < -0.4 is 5.32 Å². The molecule has 1 amide bonds. The van der Waals surface area contributed by atoms with Crippen LogP contribution in [0.1, 0.15) is 52.4 Å². The number of hydrogen-bond acceptors (Lipinski definition) is 5. The summed E-state index contributed by atoms with van der Waals surface area (Å²) in [6.07, 6.45) is 3.92. The predicted octanol–water partition coefficient (Wildman–Crippen LogP) is 3.94. The Labute approximate surface area is 203 Å². The summed E-state index contributed by atoms with van der Waals surface area (Å²) in [5.41, 5.74) is 0.998. The number of pyridine rings is 1. The number of amides is 1. The maximum Gasteiger partial charge on any atom is 0.284 e.